The monoisotopic (exact) mass is 334 g/mol. The van der Waals surface area contributed by atoms with Crippen LogP contribution in [-0.4, -0.2) is 60.3 Å². The summed E-state index contributed by atoms with van der Waals surface area (Å²) in [4.78, 5) is 24.6. The van der Waals surface area contributed by atoms with E-state index in [1.54, 1.807) is 0 Å². The number of carboxylic acid groups (broad SMARTS) is 1. The molecule has 6 heteroatoms. The largest absolute Gasteiger partial charge is 0.480 e. The minimum absolute atomic E-state index is 0.0600. The van der Waals surface area contributed by atoms with E-state index < -0.39 is 5.97 Å². The number of amides is 1. The van der Waals surface area contributed by atoms with Crippen LogP contribution in [0.15, 0.2) is 30.3 Å². The number of hydrogen-bond acceptors (Lipinski definition) is 4. The highest BCUT2D eigenvalue weighted by atomic mass is 16.5. The molecule has 0 spiro atoms. The lowest BCUT2D eigenvalue weighted by atomic mass is 9.85. The zero-order valence-electron chi connectivity index (χ0n) is 14.1. The third-order valence-electron chi connectivity index (χ3n) is 4.35. The summed E-state index contributed by atoms with van der Waals surface area (Å²) in [7, 11) is 0. The number of ether oxygens (including phenoxy) is 1. The van der Waals surface area contributed by atoms with Crippen LogP contribution in [0.3, 0.4) is 0 Å². The van der Waals surface area contributed by atoms with E-state index >= 15 is 0 Å². The molecular formula is C18H26N2O4. The van der Waals surface area contributed by atoms with Gasteiger partial charge in [0.15, 0.2) is 0 Å². The molecule has 0 heterocycles. The Kier molecular flexibility index (Phi) is 7.21. The number of nitrogens with one attached hydrogen (secondary N) is 1. The Bertz CT molecular complexity index is 529. The van der Waals surface area contributed by atoms with Gasteiger partial charge in [-0.2, -0.15) is 0 Å². The van der Waals surface area contributed by atoms with Crippen molar-refractivity contribution < 1.29 is 19.4 Å². The molecule has 0 aromatic heterocycles. The summed E-state index contributed by atoms with van der Waals surface area (Å²) in [5.41, 5.74) is 1.19. The molecule has 0 unspecified atom stereocenters. The Morgan fingerprint density at radius 1 is 1.29 bits per heavy atom. The van der Waals surface area contributed by atoms with Gasteiger partial charge in [-0.25, -0.2) is 0 Å². The summed E-state index contributed by atoms with van der Waals surface area (Å²) >= 11 is 0. The van der Waals surface area contributed by atoms with Gasteiger partial charge in [0.25, 0.3) is 0 Å². The predicted molar refractivity (Wildman–Crippen MR) is 90.8 cm³/mol. The molecule has 0 aliphatic heterocycles. The normalized spacial score (nSPS) is 19.8. The molecule has 0 saturated heterocycles. The number of carbonyl (C=O) groups is 2. The maximum absolute atomic E-state index is 11.8. The molecule has 0 bridgehead atoms. The van der Waals surface area contributed by atoms with Crippen LogP contribution in [0.1, 0.15) is 25.3 Å². The van der Waals surface area contributed by atoms with Gasteiger partial charge >= 0.3 is 5.97 Å². The van der Waals surface area contributed by atoms with Crippen molar-refractivity contribution in [3.8, 4) is 0 Å². The molecule has 1 aliphatic carbocycles. The quantitative estimate of drug-likeness (QED) is 0.631. The van der Waals surface area contributed by atoms with Gasteiger partial charge in [0, 0.05) is 12.1 Å². The zero-order valence-corrected chi connectivity index (χ0v) is 14.1. The van der Waals surface area contributed by atoms with E-state index in [2.05, 4.69) is 5.32 Å². The standard InChI is InChI=1S/C18H26N2O4/c1-2-20(12-18(22)23)16-10-15(11-16)19-17(21)13-24-9-8-14-6-4-3-5-7-14/h3-7,15-16H,2,8-13H2,1H3,(H,19,21)(H,22,23). The van der Waals surface area contributed by atoms with Crippen LogP contribution in [0.4, 0.5) is 0 Å². The SMILES string of the molecule is CCN(CC(=O)O)C1CC(NC(=O)COCCc2ccccc2)C1. The number of rotatable bonds is 10. The van der Waals surface area contributed by atoms with E-state index in [9.17, 15) is 9.59 Å². The Balaban J connectivity index is 1.56. The summed E-state index contributed by atoms with van der Waals surface area (Å²) in [6, 6.07) is 10.4. The Morgan fingerprint density at radius 3 is 2.62 bits per heavy atom. The third kappa shape index (κ3) is 5.94. The molecule has 1 aromatic carbocycles. The molecule has 1 fully saturated rings. The first kappa shape index (κ1) is 18.4. The van der Waals surface area contributed by atoms with Crippen LogP contribution >= 0.6 is 0 Å². The van der Waals surface area contributed by atoms with Crippen molar-refractivity contribution in [1.82, 2.24) is 10.2 Å². The molecule has 24 heavy (non-hydrogen) atoms. The van der Waals surface area contributed by atoms with Crippen molar-refractivity contribution in [3.05, 3.63) is 35.9 Å². The highest BCUT2D eigenvalue weighted by Crippen LogP contribution is 2.25. The Morgan fingerprint density at radius 2 is 2.00 bits per heavy atom. The van der Waals surface area contributed by atoms with Crippen LogP contribution in [0.25, 0.3) is 0 Å². The van der Waals surface area contributed by atoms with Crippen LogP contribution in [-0.2, 0) is 20.7 Å². The van der Waals surface area contributed by atoms with Crippen LogP contribution in [0.2, 0.25) is 0 Å². The van der Waals surface area contributed by atoms with Crippen molar-refractivity contribution in [1.29, 1.82) is 0 Å². The second-order valence-corrected chi connectivity index (χ2v) is 6.13. The molecule has 2 rings (SSSR count). The topological polar surface area (TPSA) is 78.9 Å². The third-order valence-corrected chi connectivity index (χ3v) is 4.35. The average Bonchev–Trinajstić information content (AvgIpc) is 2.53. The maximum Gasteiger partial charge on any atom is 0.317 e. The molecule has 6 nitrogen and oxygen atoms in total. The fourth-order valence-corrected chi connectivity index (χ4v) is 2.95. The van der Waals surface area contributed by atoms with Gasteiger partial charge < -0.3 is 15.2 Å². The number of likely N-dealkylation sites (N-methyl/N-ethyl adjacent to an activating group) is 1. The highest BCUT2D eigenvalue weighted by Gasteiger charge is 2.34. The number of nitrogens with zero attached hydrogens (tertiary/aromatic N) is 1. The first-order chi connectivity index (χ1) is 11.6. The van der Waals surface area contributed by atoms with Gasteiger partial charge in [-0.1, -0.05) is 37.3 Å². The second kappa shape index (κ2) is 9.39. The summed E-state index contributed by atoms with van der Waals surface area (Å²) in [5.74, 6) is -0.913. The molecule has 1 saturated carbocycles. The molecule has 0 atom stereocenters. The number of carbonyl (C=O) groups excluding carboxylic acids is 1. The van der Waals surface area contributed by atoms with Crippen molar-refractivity contribution in [3.63, 3.8) is 0 Å². The van der Waals surface area contributed by atoms with E-state index in [4.69, 9.17) is 9.84 Å². The molecular weight excluding hydrogens is 308 g/mol. The summed E-state index contributed by atoms with van der Waals surface area (Å²) < 4.78 is 5.42. The van der Waals surface area contributed by atoms with Crippen LogP contribution < -0.4 is 5.32 Å². The van der Waals surface area contributed by atoms with E-state index in [0.29, 0.717) is 13.2 Å². The van der Waals surface area contributed by atoms with Crippen LogP contribution in [0.5, 0.6) is 0 Å². The molecule has 2 N–H and O–H groups in total. The molecule has 1 aliphatic rings. The van der Waals surface area contributed by atoms with Gasteiger partial charge in [0.2, 0.25) is 5.91 Å². The van der Waals surface area contributed by atoms with Crippen molar-refractivity contribution in [2.24, 2.45) is 0 Å². The predicted octanol–water partition coefficient (Wildman–Crippen LogP) is 1.30. The average molecular weight is 334 g/mol. The van der Waals surface area contributed by atoms with Gasteiger partial charge in [-0.15, -0.1) is 0 Å². The first-order valence-electron chi connectivity index (χ1n) is 8.45. The molecule has 0 radical (unpaired) electrons. The van der Waals surface area contributed by atoms with E-state index in [1.807, 2.05) is 42.2 Å². The zero-order chi connectivity index (χ0) is 17.4. The number of aliphatic carboxylic acids is 1. The summed E-state index contributed by atoms with van der Waals surface area (Å²) in [6.45, 7) is 3.31. The lowest BCUT2D eigenvalue weighted by molar-refractivity contribution is -0.140. The van der Waals surface area contributed by atoms with Gasteiger partial charge in [0.05, 0.1) is 13.2 Å². The van der Waals surface area contributed by atoms with Gasteiger partial charge in [-0.05, 0) is 31.4 Å². The fourth-order valence-electron chi connectivity index (χ4n) is 2.95. The minimum atomic E-state index is -0.809. The molecule has 1 aromatic rings. The number of hydrogen-bond donors (Lipinski definition) is 2. The van der Waals surface area contributed by atoms with Crippen molar-refractivity contribution in [2.75, 3.05) is 26.3 Å². The lowest BCUT2D eigenvalue weighted by Gasteiger charge is -2.42. The summed E-state index contributed by atoms with van der Waals surface area (Å²) in [5, 5.41) is 11.8. The lowest BCUT2D eigenvalue weighted by Crippen LogP contribution is -2.55. The van der Waals surface area contributed by atoms with E-state index in [0.717, 1.165) is 19.3 Å². The Labute approximate surface area is 142 Å². The maximum atomic E-state index is 11.8. The second-order valence-electron chi connectivity index (χ2n) is 6.13. The van der Waals surface area contributed by atoms with Gasteiger partial charge in [0.1, 0.15) is 6.61 Å². The minimum Gasteiger partial charge on any atom is -0.480 e. The summed E-state index contributed by atoms with van der Waals surface area (Å²) in [6.07, 6.45) is 2.40. The fraction of sp³-hybridized carbons (Fsp3) is 0.556. The highest BCUT2D eigenvalue weighted by molar-refractivity contribution is 5.77. The smallest absolute Gasteiger partial charge is 0.317 e. The van der Waals surface area contributed by atoms with E-state index in [-0.39, 0.29) is 31.1 Å². The van der Waals surface area contributed by atoms with Crippen LogP contribution in [0, 0.1) is 0 Å². The van der Waals surface area contributed by atoms with Crippen molar-refractivity contribution in [2.45, 2.75) is 38.3 Å². The van der Waals surface area contributed by atoms with Crippen molar-refractivity contribution >= 4 is 11.9 Å². The van der Waals surface area contributed by atoms with E-state index in [1.165, 1.54) is 5.56 Å². The number of carboxylic acids is 1. The first-order valence-corrected chi connectivity index (χ1v) is 8.45. The molecule has 1 amide bonds. The Hall–Kier alpha value is -1.92. The number of benzene rings is 1. The molecule has 132 valence electrons. The van der Waals surface area contributed by atoms with Gasteiger partial charge in [-0.3, -0.25) is 14.5 Å².